The molecule has 0 bridgehead atoms. The van der Waals surface area contributed by atoms with E-state index in [1.807, 2.05) is 7.11 Å². The van der Waals surface area contributed by atoms with Gasteiger partial charge in [-0.25, -0.2) is 0 Å². The molecule has 0 N–H and O–H groups in total. The lowest BCUT2D eigenvalue weighted by Crippen LogP contribution is -2.54. The summed E-state index contributed by atoms with van der Waals surface area (Å²) in [7, 11) is 1.91. The monoisotopic (exact) mass is 431 g/mol. The molecule has 2 heteroatoms. The predicted molar refractivity (Wildman–Crippen MR) is 132 cm³/mol. The minimum absolute atomic E-state index is 0.550. The number of ether oxygens (including phenoxy) is 1. The van der Waals surface area contributed by atoms with Gasteiger partial charge in [0.15, 0.2) is 0 Å². The summed E-state index contributed by atoms with van der Waals surface area (Å²) in [5.41, 5.74) is 0. The van der Waals surface area contributed by atoms with E-state index in [2.05, 4.69) is 32.6 Å². The number of hydrogen-bond donors (Lipinski definition) is 0. The zero-order chi connectivity index (χ0) is 22.0. The molecule has 4 fully saturated rings. The van der Waals surface area contributed by atoms with Gasteiger partial charge in [-0.3, -0.25) is 4.90 Å². The van der Waals surface area contributed by atoms with E-state index in [0.717, 1.165) is 53.6 Å². The molecule has 31 heavy (non-hydrogen) atoms. The molecule has 0 amide bonds. The smallest absolute Gasteiger partial charge is 0.0571 e. The van der Waals surface area contributed by atoms with Crippen LogP contribution in [0.15, 0.2) is 0 Å². The van der Waals surface area contributed by atoms with Gasteiger partial charge in [0, 0.05) is 25.2 Å². The van der Waals surface area contributed by atoms with E-state index in [4.69, 9.17) is 4.74 Å². The fraction of sp³-hybridized carbons (Fsp3) is 1.00. The third-order valence-electron chi connectivity index (χ3n) is 10.9. The zero-order valence-corrected chi connectivity index (χ0v) is 21.5. The highest BCUT2D eigenvalue weighted by Gasteiger charge is 2.41. The normalized spacial score (nSPS) is 47.4. The minimum atomic E-state index is 0.550. The molecule has 4 aliphatic rings. The molecule has 0 heterocycles. The van der Waals surface area contributed by atoms with Crippen LogP contribution in [0.1, 0.15) is 118 Å². The Morgan fingerprint density at radius 2 is 0.903 bits per heavy atom. The molecular weight excluding hydrogens is 378 g/mol. The Morgan fingerprint density at radius 3 is 1.32 bits per heavy atom. The summed E-state index contributed by atoms with van der Waals surface area (Å²) < 4.78 is 5.64. The summed E-state index contributed by atoms with van der Waals surface area (Å²) >= 11 is 0. The van der Waals surface area contributed by atoms with Gasteiger partial charge in [-0.2, -0.15) is 0 Å². The van der Waals surface area contributed by atoms with Gasteiger partial charge in [0.2, 0.25) is 0 Å². The van der Waals surface area contributed by atoms with E-state index in [0.29, 0.717) is 6.10 Å². The second kappa shape index (κ2) is 10.9. The van der Waals surface area contributed by atoms with Crippen molar-refractivity contribution in [2.75, 3.05) is 7.11 Å². The summed E-state index contributed by atoms with van der Waals surface area (Å²) in [6, 6.07) is 2.62. The molecule has 2 nitrogen and oxygen atoms in total. The third-order valence-corrected chi connectivity index (χ3v) is 10.9. The average molecular weight is 432 g/mol. The van der Waals surface area contributed by atoms with Crippen molar-refractivity contribution in [1.29, 1.82) is 0 Å². The molecule has 0 aliphatic heterocycles. The van der Waals surface area contributed by atoms with Crippen molar-refractivity contribution in [2.45, 2.75) is 142 Å². The number of rotatable bonds is 5. The van der Waals surface area contributed by atoms with Crippen LogP contribution in [0.4, 0.5) is 0 Å². The second-order valence-corrected chi connectivity index (χ2v) is 12.6. The lowest BCUT2D eigenvalue weighted by molar-refractivity contribution is -0.0205. The van der Waals surface area contributed by atoms with Crippen molar-refractivity contribution in [3.8, 4) is 0 Å². The van der Waals surface area contributed by atoms with Crippen molar-refractivity contribution in [3.05, 3.63) is 0 Å². The van der Waals surface area contributed by atoms with Crippen molar-refractivity contribution in [1.82, 2.24) is 4.90 Å². The lowest BCUT2D eigenvalue weighted by Gasteiger charge is -2.51. The van der Waals surface area contributed by atoms with Crippen LogP contribution < -0.4 is 0 Å². The van der Waals surface area contributed by atoms with Gasteiger partial charge in [-0.15, -0.1) is 0 Å². The summed E-state index contributed by atoms with van der Waals surface area (Å²) in [5.74, 6) is 5.68. The van der Waals surface area contributed by atoms with Crippen molar-refractivity contribution in [2.24, 2.45) is 35.5 Å². The topological polar surface area (TPSA) is 12.5 Å². The van der Waals surface area contributed by atoms with Crippen LogP contribution in [-0.2, 0) is 4.74 Å². The van der Waals surface area contributed by atoms with Crippen molar-refractivity contribution < 1.29 is 4.74 Å². The molecule has 0 aromatic heterocycles. The van der Waals surface area contributed by atoms with Gasteiger partial charge in [0.1, 0.15) is 0 Å². The van der Waals surface area contributed by atoms with Gasteiger partial charge >= 0.3 is 0 Å². The van der Waals surface area contributed by atoms with Crippen LogP contribution in [0.25, 0.3) is 0 Å². The van der Waals surface area contributed by atoms with Crippen molar-refractivity contribution in [3.63, 3.8) is 0 Å². The van der Waals surface area contributed by atoms with E-state index < -0.39 is 0 Å². The Labute approximate surface area is 194 Å². The first-order valence-corrected chi connectivity index (χ1v) is 14.3. The summed E-state index contributed by atoms with van der Waals surface area (Å²) in [6.07, 6.45) is 20.7. The number of methoxy groups -OCH3 is 1. The molecule has 6 unspecified atom stereocenters. The molecule has 4 rings (SSSR count). The van der Waals surface area contributed by atoms with Crippen LogP contribution in [0.3, 0.4) is 0 Å². The highest BCUT2D eigenvalue weighted by Crippen LogP contribution is 2.44. The van der Waals surface area contributed by atoms with E-state index in [9.17, 15) is 0 Å². The Bertz CT molecular complexity index is 507. The van der Waals surface area contributed by atoms with Crippen LogP contribution in [0, 0.1) is 35.5 Å². The molecular formula is C29H53NO. The summed E-state index contributed by atoms with van der Waals surface area (Å²) in [4.78, 5) is 3.17. The predicted octanol–water partition coefficient (Wildman–Crippen LogP) is 7.70. The fourth-order valence-electron chi connectivity index (χ4n) is 8.14. The van der Waals surface area contributed by atoms with E-state index in [-0.39, 0.29) is 0 Å². The van der Waals surface area contributed by atoms with Crippen molar-refractivity contribution >= 4 is 0 Å². The Kier molecular flexibility index (Phi) is 8.46. The number of hydrogen-bond acceptors (Lipinski definition) is 2. The number of nitrogens with zero attached hydrogens (tertiary/aromatic N) is 1. The Balaban J connectivity index is 1.39. The van der Waals surface area contributed by atoms with Crippen LogP contribution in [-0.4, -0.2) is 36.2 Å². The summed E-state index contributed by atoms with van der Waals surface area (Å²) in [5, 5.41) is 0. The van der Waals surface area contributed by atoms with Gasteiger partial charge < -0.3 is 4.74 Å². The van der Waals surface area contributed by atoms with Gasteiger partial charge in [0.25, 0.3) is 0 Å². The molecule has 0 radical (unpaired) electrons. The molecule has 4 saturated carbocycles. The minimum Gasteiger partial charge on any atom is -0.381 e. The standard InChI is InChI=1S/C29H53NO/c1-20-6-12-27(18-22(20)3)30(28-13-7-21(2)23(4)19-28)26-14-8-24(9-15-26)25-10-16-29(31-5)17-11-25/h20-29H,6-19H2,1-5H3. The summed E-state index contributed by atoms with van der Waals surface area (Å²) in [6.45, 7) is 10.1. The van der Waals surface area contributed by atoms with Crippen LogP contribution in [0.5, 0.6) is 0 Å². The first-order chi connectivity index (χ1) is 15.0. The first kappa shape index (κ1) is 24.1. The Hall–Kier alpha value is -0.0800. The maximum absolute atomic E-state index is 5.64. The van der Waals surface area contributed by atoms with E-state index in [1.165, 1.54) is 89.9 Å². The molecule has 6 atom stereocenters. The third kappa shape index (κ3) is 5.71. The Morgan fingerprint density at radius 1 is 0.484 bits per heavy atom. The SMILES string of the molecule is COC1CCC(C2CCC(N(C3CCC(C)C(C)C3)C3CCC(C)C(C)C3)CC2)CC1. The first-order valence-electron chi connectivity index (χ1n) is 14.3. The lowest BCUT2D eigenvalue weighted by atomic mass is 9.70. The molecule has 0 aromatic rings. The quantitative estimate of drug-likeness (QED) is 0.442. The molecule has 4 aliphatic carbocycles. The highest BCUT2D eigenvalue weighted by molar-refractivity contribution is 4.95. The molecule has 0 saturated heterocycles. The molecule has 0 spiro atoms. The zero-order valence-electron chi connectivity index (χ0n) is 21.5. The fourth-order valence-corrected chi connectivity index (χ4v) is 8.14. The molecule has 0 aromatic carbocycles. The van der Waals surface area contributed by atoms with Gasteiger partial charge in [-0.05, 0) is 125 Å². The van der Waals surface area contributed by atoms with Crippen LogP contribution >= 0.6 is 0 Å². The maximum Gasteiger partial charge on any atom is 0.0571 e. The average Bonchev–Trinajstić information content (AvgIpc) is 2.79. The van der Waals surface area contributed by atoms with Gasteiger partial charge in [-0.1, -0.05) is 27.7 Å². The van der Waals surface area contributed by atoms with E-state index >= 15 is 0 Å². The second-order valence-electron chi connectivity index (χ2n) is 12.6. The van der Waals surface area contributed by atoms with E-state index in [1.54, 1.807) is 0 Å². The molecule has 180 valence electrons. The van der Waals surface area contributed by atoms with Crippen LogP contribution in [0.2, 0.25) is 0 Å². The maximum atomic E-state index is 5.64. The largest absolute Gasteiger partial charge is 0.381 e. The van der Waals surface area contributed by atoms with Gasteiger partial charge in [0.05, 0.1) is 6.10 Å². The highest BCUT2D eigenvalue weighted by atomic mass is 16.5.